The smallest absolute Gasteiger partial charge is 0.131 e. The Morgan fingerprint density at radius 2 is 2.12 bits per heavy atom. The first-order valence-electron chi connectivity index (χ1n) is 7.95. The van der Waals surface area contributed by atoms with Crippen molar-refractivity contribution >= 4 is 27.3 Å². The Kier molecular flexibility index (Phi) is 6.73. The number of methoxy groups -OCH3 is 1. The monoisotopic (exact) mass is 402 g/mol. The molecule has 0 amide bonds. The van der Waals surface area contributed by atoms with Crippen LogP contribution in [-0.4, -0.2) is 31.1 Å². The van der Waals surface area contributed by atoms with Crippen LogP contribution < -0.4 is 10.2 Å². The van der Waals surface area contributed by atoms with Gasteiger partial charge in [-0.2, -0.15) is 0 Å². The highest BCUT2D eigenvalue weighted by Crippen LogP contribution is 2.30. The van der Waals surface area contributed by atoms with Crippen LogP contribution in [-0.2, 0) is 4.74 Å². The van der Waals surface area contributed by atoms with E-state index < -0.39 is 0 Å². The quantitative estimate of drug-likeness (QED) is 0.539. The van der Waals surface area contributed by atoms with Gasteiger partial charge in [0.05, 0.1) is 17.1 Å². The van der Waals surface area contributed by atoms with Gasteiger partial charge in [-0.3, -0.25) is 10.4 Å². The molecule has 0 aliphatic heterocycles. The number of anilines is 1. The van der Waals surface area contributed by atoms with Crippen LogP contribution in [0.3, 0.4) is 0 Å². The van der Waals surface area contributed by atoms with Crippen LogP contribution in [0.4, 0.5) is 5.69 Å². The molecule has 0 bridgehead atoms. The highest BCUT2D eigenvalue weighted by Gasteiger charge is 2.22. The van der Waals surface area contributed by atoms with E-state index in [4.69, 9.17) is 10.1 Å². The molecule has 0 radical (unpaired) electrons. The molecule has 25 heavy (non-hydrogen) atoms. The fourth-order valence-corrected chi connectivity index (χ4v) is 2.98. The van der Waals surface area contributed by atoms with E-state index in [-0.39, 0.29) is 6.23 Å². The van der Waals surface area contributed by atoms with Gasteiger partial charge >= 0.3 is 0 Å². The average Bonchev–Trinajstić information content (AvgIpc) is 2.63. The lowest BCUT2D eigenvalue weighted by Crippen LogP contribution is -2.34. The molecule has 1 aromatic carbocycles. The minimum absolute atomic E-state index is 0.193. The van der Waals surface area contributed by atoms with E-state index >= 15 is 0 Å². The van der Waals surface area contributed by atoms with Crippen LogP contribution in [0.15, 0.2) is 59.0 Å². The van der Waals surface area contributed by atoms with E-state index in [9.17, 15) is 0 Å². The molecular weight excluding hydrogens is 380 g/mol. The average molecular weight is 403 g/mol. The van der Waals surface area contributed by atoms with E-state index in [0.717, 1.165) is 21.4 Å². The topological polar surface area (TPSA) is 61.2 Å². The Bertz CT molecular complexity index is 761. The molecule has 0 spiro atoms. The van der Waals surface area contributed by atoms with Crippen LogP contribution >= 0.6 is 15.9 Å². The summed E-state index contributed by atoms with van der Waals surface area (Å²) in [5.74, 6) is 0. The number of nitrogens with one attached hydrogen (secondary N) is 2. The molecule has 2 aromatic rings. The number of pyridine rings is 1. The van der Waals surface area contributed by atoms with Crippen LogP contribution in [0, 0.1) is 5.41 Å². The third-order valence-electron chi connectivity index (χ3n) is 3.85. The van der Waals surface area contributed by atoms with Crippen molar-refractivity contribution in [2.45, 2.75) is 20.1 Å². The first kappa shape index (κ1) is 19.1. The highest BCUT2D eigenvalue weighted by atomic mass is 79.9. The molecule has 5 nitrogen and oxygen atoms in total. The van der Waals surface area contributed by atoms with Crippen molar-refractivity contribution in [3.63, 3.8) is 0 Å². The lowest BCUT2D eigenvalue weighted by atomic mass is 10.0. The number of allylic oxidation sites excluding steroid dienone is 1. The van der Waals surface area contributed by atoms with Crippen molar-refractivity contribution < 1.29 is 4.74 Å². The first-order valence-corrected chi connectivity index (χ1v) is 8.74. The normalized spacial score (nSPS) is 12.6. The zero-order valence-electron chi connectivity index (χ0n) is 14.9. The van der Waals surface area contributed by atoms with Crippen LogP contribution in [0.25, 0.3) is 0 Å². The van der Waals surface area contributed by atoms with Gasteiger partial charge in [0.1, 0.15) is 6.23 Å². The summed E-state index contributed by atoms with van der Waals surface area (Å²) in [5, 5.41) is 11.7. The number of nitrogens with zero attached hydrogens (tertiary/aromatic N) is 2. The number of aromatic nitrogens is 1. The molecule has 2 rings (SSSR count). The molecule has 132 valence electrons. The Labute approximate surface area is 157 Å². The summed E-state index contributed by atoms with van der Waals surface area (Å²) in [6, 6.07) is 11.5. The highest BCUT2D eigenvalue weighted by molar-refractivity contribution is 9.10. The maximum absolute atomic E-state index is 8.66. The van der Waals surface area contributed by atoms with Crippen molar-refractivity contribution in [1.82, 2.24) is 10.3 Å². The van der Waals surface area contributed by atoms with E-state index in [1.165, 1.54) is 0 Å². The molecule has 1 unspecified atom stereocenters. The molecule has 0 aliphatic rings. The van der Waals surface area contributed by atoms with Gasteiger partial charge in [-0.15, -0.1) is 0 Å². The standard InChI is InChI=1S/C19H23BrN4O/c1-13(12-22-3)24(14(2)25-4)18-9-8-15(20)11-16(18)19(21)17-7-5-6-10-23-17/h5-12,14,21-22H,1-4H3/b13-12-,21-19?. The van der Waals surface area contributed by atoms with Gasteiger partial charge in [0, 0.05) is 42.3 Å². The molecule has 1 atom stereocenters. The van der Waals surface area contributed by atoms with E-state index in [2.05, 4.69) is 31.1 Å². The fourth-order valence-electron chi connectivity index (χ4n) is 2.62. The predicted octanol–water partition coefficient (Wildman–Crippen LogP) is 4.14. The zero-order valence-corrected chi connectivity index (χ0v) is 16.5. The van der Waals surface area contributed by atoms with Gasteiger partial charge in [-0.05, 0) is 44.2 Å². The number of hydrogen-bond donors (Lipinski definition) is 2. The molecule has 6 heteroatoms. The predicted molar refractivity (Wildman–Crippen MR) is 106 cm³/mol. The van der Waals surface area contributed by atoms with Gasteiger partial charge in [-0.25, -0.2) is 0 Å². The van der Waals surface area contributed by atoms with Crippen LogP contribution in [0.2, 0.25) is 0 Å². The zero-order chi connectivity index (χ0) is 18.4. The molecule has 1 heterocycles. The van der Waals surface area contributed by atoms with Gasteiger partial charge in [-0.1, -0.05) is 22.0 Å². The molecule has 2 N–H and O–H groups in total. The molecule has 1 aromatic heterocycles. The van der Waals surface area contributed by atoms with Crippen molar-refractivity contribution in [2.24, 2.45) is 0 Å². The SMILES string of the molecule is CN/C=C(/C)N(c1ccc(Br)cc1C(=N)c1ccccn1)C(C)OC. The second kappa shape index (κ2) is 8.78. The summed E-state index contributed by atoms with van der Waals surface area (Å²) in [5.41, 5.74) is 3.64. The summed E-state index contributed by atoms with van der Waals surface area (Å²) in [7, 11) is 3.53. The second-order valence-corrected chi connectivity index (χ2v) is 6.45. The third-order valence-corrected chi connectivity index (χ3v) is 4.34. The number of rotatable bonds is 7. The summed E-state index contributed by atoms with van der Waals surface area (Å²) in [6.07, 6.45) is 3.41. The van der Waals surface area contributed by atoms with Crippen molar-refractivity contribution in [2.75, 3.05) is 19.1 Å². The minimum Gasteiger partial charge on any atom is -0.393 e. The van der Waals surface area contributed by atoms with Crippen LogP contribution in [0.1, 0.15) is 25.1 Å². The van der Waals surface area contributed by atoms with Gasteiger partial charge in [0.15, 0.2) is 0 Å². The Morgan fingerprint density at radius 3 is 2.72 bits per heavy atom. The molecule has 0 saturated heterocycles. The summed E-state index contributed by atoms with van der Waals surface area (Å²) < 4.78 is 6.47. The molecule has 0 fully saturated rings. The Hall–Kier alpha value is -2.18. The van der Waals surface area contributed by atoms with E-state index in [0.29, 0.717) is 11.4 Å². The van der Waals surface area contributed by atoms with Gasteiger partial charge in [0.2, 0.25) is 0 Å². The Balaban J connectivity index is 2.60. The number of hydrogen-bond acceptors (Lipinski definition) is 5. The number of halogens is 1. The maximum Gasteiger partial charge on any atom is 0.131 e. The second-order valence-electron chi connectivity index (χ2n) is 5.53. The van der Waals surface area contributed by atoms with E-state index in [1.54, 1.807) is 13.3 Å². The summed E-state index contributed by atoms with van der Waals surface area (Å²) in [4.78, 5) is 6.37. The maximum atomic E-state index is 8.66. The lowest BCUT2D eigenvalue weighted by molar-refractivity contribution is 0.120. The van der Waals surface area contributed by atoms with Gasteiger partial charge < -0.3 is 15.0 Å². The fraction of sp³-hybridized carbons (Fsp3) is 0.263. The Morgan fingerprint density at radius 1 is 1.36 bits per heavy atom. The third kappa shape index (κ3) is 4.46. The van der Waals surface area contributed by atoms with Gasteiger partial charge in [0.25, 0.3) is 0 Å². The van der Waals surface area contributed by atoms with Crippen LogP contribution in [0.5, 0.6) is 0 Å². The van der Waals surface area contributed by atoms with Crippen molar-refractivity contribution in [1.29, 1.82) is 5.41 Å². The summed E-state index contributed by atoms with van der Waals surface area (Å²) in [6.45, 7) is 3.98. The molecule has 0 saturated carbocycles. The van der Waals surface area contributed by atoms with Crippen molar-refractivity contribution in [3.8, 4) is 0 Å². The summed E-state index contributed by atoms with van der Waals surface area (Å²) >= 11 is 3.51. The largest absolute Gasteiger partial charge is 0.393 e. The van der Waals surface area contributed by atoms with Crippen molar-refractivity contribution in [3.05, 3.63) is 70.2 Å². The molecule has 0 aliphatic carbocycles. The number of ether oxygens (including phenoxy) is 1. The van der Waals surface area contributed by atoms with E-state index in [1.807, 2.05) is 63.5 Å². The minimum atomic E-state index is -0.193. The molecular formula is C19H23BrN4O. The number of benzene rings is 1. The lowest BCUT2D eigenvalue weighted by Gasteiger charge is -2.32. The first-order chi connectivity index (χ1) is 12.0.